The molecule has 62 valence electrons. The molecule has 0 aromatic heterocycles. The van der Waals surface area contributed by atoms with Crippen molar-refractivity contribution in [2.45, 2.75) is 26.2 Å². The summed E-state index contributed by atoms with van der Waals surface area (Å²) in [6, 6.07) is 6.26. The fourth-order valence-corrected chi connectivity index (χ4v) is 1.35. The molecule has 0 saturated carbocycles. The van der Waals surface area contributed by atoms with E-state index in [1.807, 2.05) is 0 Å². The smallest absolute Gasteiger partial charge is 0.0833 e. The van der Waals surface area contributed by atoms with Crippen molar-refractivity contribution in [1.29, 1.82) is 0 Å². The monoisotopic (exact) mass is 270 g/mol. The highest BCUT2D eigenvalue weighted by atomic mass is 127. The molecule has 0 spiro atoms. The minimum Gasteiger partial charge on any atom is -0.0833 e. The quantitative estimate of drug-likeness (QED) is 0.501. The highest BCUT2D eigenvalue weighted by Crippen LogP contribution is 2.21. The summed E-state index contributed by atoms with van der Waals surface area (Å²) in [4.78, 5) is 0. The first kappa shape index (κ1) is 10.1. The van der Waals surface area contributed by atoms with Gasteiger partial charge in [0, 0.05) is 3.57 Å². The van der Waals surface area contributed by atoms with Crippen LogP contribution in [0.2, 0.25) is 0 Å². The third-order valence-electron chi connectivity index (χ3n) is 1.86. The van der Waals surface area contributed by atoms with Crippen molar-refractivity contribution in [3.05, 3.63) is 27.3 Å². The topological polar surface area (TPSA) is 0 Å². The zero-order valence-corrected chi connectivity index (χ0v) is 9.84. The van der Waals surface area contributed by atoms with E-state index in [4.69, 9.17) is 7.85 Å². The Morgan fingerprint density at radius 1 is 1.25 bits per heavy atom. The van der Waals surface area contributed by atoms with Crippen LogP contribution in [-0.2, 0) is 5.41 Å². The van der Waals surface area contributed by atoms with Crippen molar-refractivity contribution >= 4 is 35.9 Å². The van der Waals surface area contributed by atoms with Gasteiger partial charge < -0.3 is 0 Å². The molecular weight excluding hydrogens is 258 g/mol. The van der Waals surface area contributed by atoms with Crippen molar-refractivity contribution < 1.29 is 0 Å². The van der Waals surface area contributed by atoms with Gasteiger partial charge >= 0.3 is 0 Å². The highest BCUT2D eigenvalue weighted by molar-refractivity contribution is 14.1. The van der Waals surface area contributed by atoms with Crippen LogP contribution in [0.15, 0.2) is 18.2 Å². The van der Waals surface area contributed by atoms with E-state index >= 15 is 0 Å². The molecule has 1 rings (SSSR count). The van der Waals surface area contributed by atoms with Gasteiger partial charge in [-0.2, -0.15) is 0 Å². The Morgan fingerprint density at radius 2 is 1.83 bits per heavy atom. The van der Waals surface area contributed by atoms with Crippen LogP contribution in [0.1, 0.15) is 26.3 Å². The van der Waals surface area contributed by atoms with E-state index < -0.39 is 0 Å². The van der Waals surface area contributed by atoms with Crippen LogP contribution in [0.3, 0.4) is 0 Å². The number of hydrogen-bond acceptors (Lipinski definition) is 0. The number of rotatable bonds is 0. The summed E-state index contributed by atoms with van der Waals surface area (Å²) in [5.41, 5.74) is 2.36. The Morgan fingerprint density at radius 3 is 2.25 bits per heavy atom. The maximum atomic E-state index is 5.81. The molecule has 0 aliphatic carbocycles. The third kappa shape index (κ3) is 2.25. The Kier molecular flexibility index (Phi) is 2.86. The first-order valence-electron chi connectivity index (χ1n) is 3.97. The van der Waals surface area contributed by atoms with Gasteiger partial charge in [0.1, 0.15) is 7.85 Å². The Hall–Kier alpha value is 0.0149. The summed E-state index contributed by atoms with van der Waals surface area (Å²) >= 11 is 2.24. The summed E-state index contributed by atoms with van der Waals surface area (Å²) in [5.74, 6) is 0. The van der Waals surface area contributed by atoms with Gasteiger partial charge in [-0.15, -0.1) is 0 Å². The third-order valence-corrected chi connectivity index (χ3v) is 2.84. The van der Waals surface area contributed by atoms with Gasteiger partial charge in [-0.3, -0.25) is 0 Å². The summed E-state index contributed by atoms with van der Waals surface area (Å²) in [6.07, 6.45) is 0. The molecule has 1 aromatic carbocycles. The Bertz CT molecular complexity index is 286. The summed E-state index contributed by atoms with van der Waals surface area (Å²) in [7, 11) is 5.81. The van der Waals surface area contributed by atoms with E-state index in [0.717, 1.165) is 9.03 Å². The molecule has 0 bridgehead atoms. The van der Waals surface area contributed by atoms with Crippen LogP contribution >= 0.6 is 22.6 Å². The number of halogens is 1. The maximum absolute atomic E-state index is 5.81. The molecule has 1 aromatic rings. The first-order valence-corrected chi connectivity index (χ1v) is 5.04. The molecule has 0 saturated heterocycles. The van der Waals surface area contributed by atoms with Gasteiger partial charge in [0.05, 0.1) is 0 Å². The fourth-order valence-electron chi connectivity index (χ4n) is 1.01. The van der Waals surface area contributed by atoms with Crippen LogP contribution in [-0.4, -0.2) is 7.85 Å². The molecule has 12 heavy (non-hydrogen) atoms. The lowest BCUT2D eigenvalue weighted by Crippen LogP contribution is -2.16. The first-order chi connectivity index (χ1) is 5.41. The van der Waals surface area contributed by atoms with Gasteiger partial charge in [-0.05, 0) is 39.6 Å². The minimum atomic E-state index is 0.193. The van der Waals surface area contributed by atoms with Crippen molar-refractivity contribution in [3.63, 3.8) is 0 Å². The molecule has 0 amide bonds. The lowest BCUT2D eigenvalue weighted by molar-refractivity contribution is 0.590. The van der Waals surface area contributed by atoms with E-state index in [0.29, 0.717) is 0 Å². The molecule has 0 heterocycles. The largest absolute Gasteiger partial charge is 0.115 e. The second-order valence-corrected chi connectivity index (χ2v) is 5.15. The van der Waals surface area contributed by atoms with Gasteiger partial charge in [0.2, 0.25) is 0 Å². The normalized spacial score (nSPS) is 11.7. The molecule has 2 radical (unpaired) electrons. The summed E-state index contributed by atoms with van der Waals surface area (Å²) in [5, 5.41) is 0. The zero-order valence-electron chi connectivity index (χ0n) is 7.69. The van der Waals surface area contributed by atoms with E-state index in [2.05, 4.69) is 61.6 Å². The minimum absolute atomic E-state index is 0.193. The molecule has 0 aliphatic rings. The van der Waals surface area contributed by atoms with E-state index in [-0.39, 0.29) is 5.41 Å². The van der Waals surface area contributed by atoms with Crippen LogP contribution in [0.25, 0.3) is 0 Å². The van der Waals surface area contributed by atoms with Crippen LogP contribution in [0.5, 0.6) is 0 Å². The summed E-state index contributed by atoms with van der Waals surface area (Å²) in [6.45, 7) is 6.57. The average molecular weight is 270 g/mol. The molecule has 0 fully saturated rings. The van der Waals surface area contributed by atoms with Crippen molar-refractivity contribution in [2.24, 2.45) is 0 Å². The van der Waals surface area contributed by atoms with Gasteiger partial charge in [0.25, 0.3) is 0 Å². The Labute approximate surface area is 89.3 Å². The van der Waals surface area contributed by atoms with Crippen LogP contribution < -0.4 is 5.46 Å². The van der Waals surface area contributed by atoms with E-state index in [9.17, 15) is 0 Å². The summed E-state index contributed by atoms with van der Waals surface area (Å²) < 4.78 is 1.13. The van der Waals surface area contributed by atoms with Gasteiger partial charge in [0.15, 0.2) is 0 Å². The second kappa shape index (κ2) is 3.40. The predicted octanol–water partition coefficient (Wildman–Crippen LogP) is 2.38. The molecule has 0 nitrogen and oxygen atoms in total. The molecule has 0 aliphatic heterocycles. The SMILES string of the molecule is [B]c1cc(C(C)(C)C)ccc1I. The predicted molar refractivity (Wildman–Crippen MR) is 63.2 cm³/mol. The lowest BCUT2D eigenvalue weighted by atomic mass is 9.83. The maximum Gasteiger partial charge on any atom is 0.115 e. The second-order valence-electron chi connectivity index (χ2n) is 3.99. The van der Waals surface area contributed by atoms with E-state index in [1.165, 1.54) is 5.56 Å². The zero-order chi connectivity index (χ0) is 9.35. The molecule has 2 heteroatoms. The standard InChI is InChI=1S/C10H12BI/c1-10(2,3)7-4-5-9(12)8(11)6-7/h4-6H,1-3H3. The number of hydrogen-bond donors (Lipinski definition) is 0. The molecule has 0 atom stereocenters. The highest BCUT2D eigenvalue weighted by Gasteiger charge is 2.13. The van der Waals surface area contributed by atoms with Crippen molar-refractivity contribution in [2.75, 3.05) is 0 Å². The van der Waals surface area contributed by atoms with Gasteiger partial charge in [-0.1, -0.05) is 38.4 Å². The van der Waals surface area contributed by atoms with Crippen molar-refractivity contribution in [3.8, 4) is 0 Å². The Balaban J connectivity index is 3.14. The average Bonchev–Trinajstić information content (AvgIpc) is 1.92. The van der Waals surface area contributed by atoms with E-state index in [1.54, 1.807) is 0 Å². The molecule has 0 N–H and O–H groups in total. The number of benzene rings is 1. The fraction of sp³-hybridized carbons (Fsp3) is 0.400. The molecular formula is C10H12BI. The molecule has 0 unspecified atom stereocenters. The lowest BCUT2D eigenvalue weighted by Gasteiger charge is -2.19. The van der Waals surface area contributed by atoms with Crippen molar-refractivity contribution in [1.82, 2.24) is 0 Å². The van der Waals surface area contributed by atoms with Crippen LogP contribution in [0.4, 0.5) is 0 Å². The van der Waals surface area contributed by atoms with Gasteiger partial charge in [-0.25, -0.2) is 0 Å². The van der Waals surface area contributed by atoms with Crippen LogP contribution in [0, 0.1) is 3.57 Å².